The molecule has 0 spiro atoms. The number of carbonyl (C=O) groups is 1. The fourth-order valence-electron chi connectivity index (χ4n) is 3.90. The van der Waals surface area contributed by atoms with Gasteiger partial charge in [-0.25, -0.2) is 13.2 Å². The first-order chi connectivity index (χ1) is 16.1. The molecule has 1 fully saturated rings. The van der Waals surface area contributed by atoms with Gasteiger partial charge in [-0.05, 0) is 68.8 Å². The number of hydrogen-bond acceptors (Lipinski definition) is 6. The number of hydrogen-bond donors (Lipinski definition) is 0. The number of benzene rings is 2. The third-order valence-electron chi connectivity index (χ3n) is 5.62. The lowest BCUT2D eigenvalue weighted by Crippen LogP contribution is -2.39. The molecule has 2 aromatic rings. The molecule has 1 unspecified atom stereocenters. The highest BCUT2D eigenvalue weighted by molar-refractivity contribution is 8.00. The second kappa shape index (κ2) is 12.2. The molecular weight excluding hydrogens is 539 g/mol. The highest BCUT2D eigenvalue weighted by atomic mass is 35.5. The number of carbonyl (C=O) groups excluding carboxylic acids is 1. The molecule has 0 aromatic heterocycles. The number of esters is 1. The van der Waals surface area contributed by atoms with Crippen molar-refractivity contribution in [1.82, 2.24) is 4.90 Å². The summed E-state index contributed by atoms with van der Waals surface area (Å²) in [5.74, 6) is 0.656. The lowest BCUT2D eigenvalue weighted by molar-refractivity contribution is -0.143. The van der Waals surface area contributed by atoms with Crippen molar-refractivity contribution in [3.8, 4) is 0 Å². The van der Waals surface area contributed by atoms with E-state index in [0.29, 0.717) is 27.2 Å². The Labute approximate surface area is 220 Å². The van der Waals surface area contributed by atoms with Crippen LogP contribution in [-0.2, 0) is 19.6 Å². The highest BCUT2D eigenvalue weighted by Crippen LogP contribution is 2.36. The van der Waals surface area contributed by atoms with E-state index < -0.39 is 10.0 Å². The number of ether oxygens (including phenoxy) is 1. The van der Waals surface area contributed by atoms with Crippen LogP contribution >= 0.6 is 46.6 Å². The second-order valence-corrected chi connectivity index (χ2v) is 12.3. The first kappa shape index (κ1) is 27.4. The summed E-state index contributed by atoms with van der Waals surface area (Å²) in [5, 5.41) is 0.867. The predicted octanol–water partition coefficient (Wildman–Crippen LogP) is 5.95. The van der Waals surface area contributed by atoms with Gasteiger partial charge in [0.05, 0.1) is 22.7 Å². The van der Waals surface area contributed by atoms with Crippen LogP contribution in [0, 0.1) is 0 Å². The zero-order valence-electron chi connectivity index (χ0n) is 18.9. The molecule has 0 N–H and O–H groups in total. The molecule has 0 bridgehead atoms. The fraction of sp³-hybridized carbons (Fsp3) is 0.435. The van der Waals surface area contributed by atoms with Crippen LogP contribution in [0.4, 0.5) is 5.69 Å². The average Bonchev–Trinajstić information content (AvgIpc) is 3.27. The predicted molar refractivity (Wildman–Crippen MR) is 141 cm³/mol. The number of methoxy groups -OCH3 is 1. The number of halogens is 3. The topological polar surface area (TPSA) is 66.9 Å². The maximum atomic E-state index is 13.7. The van der Waals surface area contributed by atoms with Gasteiger partial charge in [0.1, 0.15) is 0 Å². The molecule has 0 radical (unpaired) electrons. The van der Waals surface area contributed by atoms with Gasteiger partial charge in [0.2, 0.25) is 0 Å². The van der Waals surface area contributed by atoms with Crippen molar-refractivity contribution < 1.29 is 17.9 Å². The SMILES string of the molecule is COC(=O)C1SCCN1CCCC[C@@H](C)N(c1cc(Cl)ccc1Cl)S(=O)(=O)c1ccc(Cl)cc1. The number of nitrogens with zero attached hydrogens (tertiary/aromatic N) is 2. The lowest BCUT2D eigenvalue weighted by atomic mass is 10.1. The van der Waals surface area contributed by atoms with E-state index in [-0.39, 0.29) is 22.3 Å². The van der Waals surface area contributed by atoms with E-state index in [0.717, 1.165) is 31.7 Å². The first-order valence-corrected chi connectivity index (χ1v) is 14.5. The Morgan fingerprint density at radius 2 is 1.82 bits per heavy atom. The molecule has 2 atom stereocenters. The van der Waals surface area contributed by atoms with Gasteiger partial charge in [0.25, 0.3) is 10.0 Å². The molecule has 1 saturated heterocycles. The second-order valence-electron chi connectivity index (χ2n) is 7.98. The molecule has 6 nitrogen and oxygen atoms in total. The lowest BCUT2D eigenvalue weighted by Gasteiger charge is -2.31. The third-order valence-corrected chi connectivity index (χ3v) is 9.60. The molecule has 2 aromatic carbocycles. The number of rotatable bonds is 10. The van der Waals surface area contributed by atoms with Crippen molar-refractivity contribution in [2.45, 2.75) is 42.5 Å². The van der Waals surface area contributed by atoms with Crippen molar-refractivity contribution in [2.24, 2.45) is 0 Å². The fourth-order valence-corrected chi connectivity index (χ4v) is 7.37. The molecule has 186 valence electrons. The van der Waals surface area contributed by atoms with Gasteiger partial charge in [0, 0.05) is 28.4 Å². The molecular formula is C23H27Cl3N2O4S2. The summed E-state index contributed by atoms with van der Waals surface area (Å²) in [6, 6.07) is 10.4. The quantitative estimate of drug-likeness (QED) is 0.262. The van der Waals surface area contributed by atoms with Crippen LogP contribution in [0.5, 0.6) is 0 Å². The molecule has 11 heteroatoms. The van der Waals surface area contributed by atoms with Gasteiger partial charge in [-0.2, -0.15) is 0 Å². The molecule has 1 aliphatic rings. The molecule has 1 aliphatic heterocycles. The minimum atomic E-state index is -3.93. The number of anilines is 1. The van der Waals surface area contributed by atoms with E-state index >= 15 is 0 Å². The van der Waals surface area contributed by atoms with E-state index in [9.17, 15) is 13.2 Å². The largest absolute Gasteiger partial charge is 0.467 e. The number of thioether (sulfide) groups is 1. The van der Waals surface area contributed by atoms with Crippen LogP contribution in [0.2, 0.25) is 15.1 Å². The van der Waals surface area contributed by atoms with E-state index in [1.807, 2.05) is 6.92 Å². The van der Waals surface area contributed by atoms with E-state index in [2.05, 4.69) is 4.90 Å². The summed E-state index contributed by atoms with van der Waals surface area (Å²) in [5.41, 5.74) is 0.332. The average molecular weight is 566 g/mol. The van der Waals surface area contributed by atoms with Crippen LogP contribution in [0.15, 0.2) is 47.4 Å². The number of sulfonamides is 1. The monoisotopic (exact) mass is 564 g/mol. The van der Waals surface area contributed by atoms with Gasteiger partial charge in [-0.15, -0.1) is 11.8 Å². The van der Waals surface area contributed by atoms with Crippen molar-refractivity contribution in [3.63, 3.8) is 0 Å². The zero-order chi connectivity index (χ0) is 24.9. The van der Waals surface area contributed by atoms with Crippen LogP contribution in [0.3, 0.4) is 0 Å². The van der Waals surface area contributed by atoms with Gasteiger partial charge in [-0.3, -0.25) is 9.21 Å². The van der Waals surface area contributed by atoms with Gasteiger partial charge in [-0.1, -0.05) is 41.2 Å². The Hall–Kier alpha value is -1.16. The van der Waals surface area contributed by atoms with Crippen molar-refractivity contribution in [1.29, 1.82) is 0 Å². The Kier molecular flexibility index (Phi) is 9.83. The van der Waals surface area contributed by atoms with E-state index in [1.165, 1.54) is 23.5 Å². The summed E-state index contributed by atoms with van der Waals surface area (Å²) in [7, 11) is -2.53. The first-order valence-electron chi connectivity index (χ1n) is 10.8. The summed E-state index contributed by atoms with van der Waals surface area (Å²) < 4.78 is 33.6. The molecule has 1 heterocycles. The van der Waals surface area contributed by atoms with E-state index in [1.54, 1.807) is 42.1 Å². The summed E-state index contributed by atoms with van der Waals surface area (Å²) >= 11 is 20.2. The van der Waals surface area contributed by atoms with Gasteiger partial charge < -0.3 is 4.74 Å². The summed E-state index contributed by atoms with van der Waals surface area (Å²) in [4.78, 5) is 14.2. The van der Waals surface area contributed by atoms with Crippen molar-refractivity contribution >= 4 is 68.2 Å². The number of unbranched alkanes of at least 4 members (excludes halogenated alkanes) is 1. The molecule has 0 aliphatic carbocycles. The molecule has 34 heavy (non-hydrogen) atoms. The normalized spacial score (nSPS) is 17.5. The highest BCUT2D eigenvalue weighted by Gasteiger charge is 2.33. The molecule has 0 saturated carbocycles. The Morgan fingerprint density at radius 3 is 2.50 bits per heavy atom. The minimum Gasteiger partial charge on any atom is -0.467 e. The third kappa shape index (κ3) is 6.53. The van der Waals surface area contributed by atoms with Crippen molar-refractivity contribution in [3.05, 3.63) is 57.5 Å². The maximum Gasteiger partial charge on any atom is 0.333 e. The van der Waals surface area contributed by atoms with Gasteiger partial charge >= 0.3 is 5.97 Å². The zero-order valence-corrected chi connectivity index (χ0v) is 22.8. The Morgan fingerprint density at radius 1 is 1.15 bits per heavy atom. The summed E-state index contributed by atoms with van der Waals surface area (Å²) in [6.45, 7) is 3.42. The standard InChI is InChI=1S/C23H27Cl3N2O4S2/c1-16(5-3-4-12-27-13-14-33-22(27)23(29)32-2)28(21-15-18(25)8-11-20(21)26)34(30,31)19-9-6-17(24)7-10-19/h6-11,15-16,22H,3-5,12-14H2,1-2H3/t16-,22?/m1/s1. The van der Waals surface area contributed by atoms with Crippen molar-refractivity contribution in [2.75, 3.05) is 30.3 Å². The van der Waals surface area contributed by atoms with Gasteiger partial charge in [0.15, 0.2) is 5.37 Å². The Bertz CT molecular complexity index is 1100. The van der Waals surface area contributed by atoms with Crippen LogP contribution in [0.1, 0.15) is 26.2 Å². The maximum absolute atomic E-state index is 13.7. The van der Waals surface area contributed by atoms with Crippen LogP contribution in [0.25, 0.3) is 0 Å². The summed E-state index contributed by atoms with van der Waals surface area (Å²) in [6.07, 6.45) is 2.18. The Balaban J connectivity index is 1.76. The molecule has 3 rings (SSSR count). The smallest absolute Gasteiger partial charge is 0.333 e. The van der Waals surface area contributed by atoms with E-state index in [4.69, 9.17) is 39.5 Å². The minimum absolute atomic E-state index is 0.120. The molecule has 0 amide bonds. The van der Waals surface area contributed by atoms with Crippen LogP contribution < -0.4 is 4.31 Å². The van der Waals surface area contributed by atoms with Crippen LogP contribution in [-0.4, -0.2) is 56.7 Å².